The molecule has 0 aliphatic heterocycles. The molecule has 3 nitrogen and oxygen atoms in total. The summed E-state index contributed by atoms with van der Waals surface area (Å²) in [5.74, 6) is -1.58. The van der Waals surface area contributed by atoms with Crippen molar-refractivity contribution < 1.29 is 20.2 Å². The predicted molar refractivity (Wildman–Crippen MR) is 206 cm³/mol. The van der Waals surface area contributed by atoms with Crippen LogP contribution in [-0.4, -0.2) is 4.57 Å². The van der Waals surface area contributed by atoms with E-state index < -0.39 is 18.6 Å². The highest BCUT2D eigenvalue weighted by atomic mass is 19.1. The zero-order valence-electron chi connectivity index (χ0n) is 34.2. The van der Waals surface area contributed by atoms with Crippen LogP contribution >= 0.6 is 0 Å². The average Bonchev–Trinajstić information content (AvgIpc) is 3.64. The van der Waals surface area contributed by atoms with Crippen molar-refractivity contribution in [2.24, 2.45) is 7.05 Å². The van der Waals surface area contributed by atoms with Gasteiger partial charge in [-0.05, 0) is 101 Å². The van der Waals surface area contributed by atoms with Crippen LogP contribution in [-0.2, 0) is 7.05 Å². The smallest absolute Gasteiger partial charge is 0.299 e. The molecule has 0 unspecified atom stereocenters. The summed E-state index contributed by atoms with van der Waals surface area (Å²) in [5.41, 5.74) is 10.4. The van der Waals surface area contributed by atoms with Gasteiger partial charge in [0.15, 0.2) is 16.6 Å². The molecule has 2 aromatic heterocycles. The average molecular weight is 663 g/mol. The zero-order chi connectivity index (χ0) is 39.2. The van der Waals surface area contributed by atoms with Crippen LogP contribution in [0, 0.1) is 19.6 Å². The molecule has 0 saturated carbocycles. The third-order valence-corrected chi connectivity index (χ3v) is 9.89. The SMILES string of the molecule is [2H]C([2H])([2H])c1cc(C)c(-c2n(-c3c(C([2H])(C)C)cccc3C([2H])(C)C)c3ccccc3[n+]2C)c2oc3cc(-c4cccc(-c5ccc(F)cc5)c4)ccc3c12. The van der Waals surface area contributed by atoms with E-state index in [0.29, 0.717) is 21.9 Å². The van der Waals surface area contributed by atoms with E-state index in [9.17, 15) is 7.13 Å². The van der Waals surface area contributed by atoms with Gasteiger partial charge in [0.2, 0.25) is 0 Å². The number of para-hydroxylation sites is 3. The molecule has 0 atom stereocenters. The van der Waals surface area contributed by atoms with Crippen LogP contribution in [0.2, 0.25) is 0 Å². The van der Waals surface area contributed by atoms with Crippen molar-refractivity contribution in [3.63, 3.8) is 0 Å². The van der Waals surface area contributed by atoms with Crippen molar-refractivity contribution in [3.05, 3.63) is 143 Å². The summed E-state index contributed by atoms with van der Waals surface area (Å²) in [6.07, 6.45) is 0. The fourth-order valence-corrected chi connectivity index (χ4v) is 7.47. The number of hydrogen-bond acceptors (Lipinski definition) is 1. The maximum Gasteiger partial charge on any atom is 0.299 e. The van der Waals surface area contributed by atoms with E-state index in [2.05, 4.69) is 15.2 Å². The Hall–Kier alpha value is -5.48. The molecular formula is C46H42FN2O+. The summed E-state index contributed by atoms with van der Waals surface area (Å²) in [6, 6.07) is 36.0. The van der Waals surface area contributed by atoms with Gasteiger partial charge in [0.25, 0.3) is 5.82 Å². The first-order chi connectivity index (χ1) is 25.9. The largest absolute Gasteiger partial charge is 0.455 e. The maximum atomic E-state index is 13.7. The van der Waals surface area contributed by atoms with Gasteiger partial charge in [-0.3, -0.25) is 0 Å². The van der Waals surface area contributed by atoms with Gasteiger partial charge in [0, 0.05) is 28.8 Å². The van der Waals surface area contributed by atoms with E-state index in [1.54, 1.807) is 18.2 Å². The summed E-state index contributed by atoms with van der Waals surface area (Å²) < 4.78 is 69.3. The molecule has 0 aliphatic carbocycles. The van der Waals surface area contributed by atoms with Crippen LogP contribution in [0.1, 0.15) is 68.6 Å². The van der Waals surface area contributed by atoms with Crippen molar-refractivity contribution >= 4 is 33.0 Å². The fraction of sp³-hybridized carbons (Fsp3) is 0.196. The van der Waals surface area contributed by atoms with Crippen molar-refractivity contribution in [1.82, 2.24) is 4.57 Å². The molecule has 8 aromatic rings. The van der Waals surface area contributed by atoms with E-state index in [1.165, 1.54) is 12.1 Å². The van der Waals surface area contributed by atoms with Gasteiger partial charge in [-0.25, -0.2) is 8.96 Å². The molecule has 6 aromatic carbocycles. The lowest BCUT2D eigenvalue weighted by Crippen LogP contribution is -2.30. The number of aryl methyl sites for hydroxylation is 3. The Morgan fingerprint density at radius 2 is 1.36 bits per heavy atom. The highest BCUT2D eigenvalue weighted by Crippen LogP contribution is 2.43. The highest BCUT2D eigenvalue weighted by Gasteiger charge is 2.33. The van der Waals surface area contributed by atoms with Gasteiger partial charge >= 0.3 is 0 Å². The lowest BCUT2D eigenvalue weighted by molar-refractivity contribution is -0.633. The lowest BCUT2D eigenvalue weighted by Gasteiger charge is -2.18. The molecule has 248 valence electrons. The van der Waals surface area contributed by atoms with Crippen molar-refractivity contribution in [1.29, 1.82) is 0 Å². The summed E-state index contributed by atoms with van der Waals surface area (Å²) in [5, 5.41) is 1.21. The first kappa shape index (κ1) is 26.4. The molecule has 0 spiro atoms. The summed E-state index contributed by atoms with van der Waals surface area (Å²) >= 11 is 0. The Kier molecular flexibility index (Phi) is 6.41. The molecule has 2 heterocycles. The molecule has 0 bridgehead atoms. The normalized spacial score (nSPS) is 14.1. The van der Waals surface area contributed by atoms with Crippen LogP contribution < -0.4 is 4.57 Å². The second-order valence-corrected chi connectivity index (χ2v) is 13.6. The van der Waals surface area contributed by atoms with Gasteiger partial charge in [0.1, 0.15) is 22.7 Å². The van der Waals surface area contributed by atoms with Crippen LogP contribution in [0.15, 0.2) is 120 Å². The van der Waals surface area contributed by atoms with Crippen molar-refractivity contribution in [2.75, 3.05) is 0 Å². The molecule has 0 N–H and O–H groups in total. The van der Waals surface area contributed by atoms with E-state index >= 15 is 0 Å². The molecule has 0 fully saturated rings. The summed E-state index contributed by atoms with van der Waals surface area (Å²) in [6.45, 7) is 6.93. The van der Waals surface area contributed by atoms with E-state index in [-0.39, 0.29) is 11.4 Å². The van der Waals surface area contributed by atoms with Crippen LogP contribution in [0.5, 0.6) is 0 Å². The third-order valence-electron chi connectivity index (χ3n) is 9.89. The molecule has 0 amide bonds. The fourth-order valence-electron chi connectivity index (χ4n) is 7.47. The second kappa shape index (κ2) is 12.1. The molecule has 8 rings (SSSR count). The predicted octanol–water partition coefficient (Wildman–Crippen LogP) is 12.4. The van der Waals surface area contributed by atoms with Gasteiger partial charge in [-0.2, -0.15) is 4.57 Å². The van der Waals surface area contributed by atoms with Gasteiger partial charge < -0.3 is 4.42 Å². The first-order valence-corrected chi connectivity index (χ1v) is 16.9. The molecule has 0 radical (unpaired) electrons. The number of hydrogen-bond donors (Lipinski definition) is 0. The Bertz CT molecular complexity index is 2770. The molecule has 4 heteroatoms. The van der Waals surface area contributed by atoms with Gasteiger partial charge in [-0.15, -0.1) is 0 Å². The summed E-state index contributed by atoms with van der Waals surface area (Å²) in [4.78, 5) is 0. The highest BCUT2D eigenvalue weighted by molar-refractivity contribution is 6.12. The number of nitrogens with zero attached hydrogens (tertiary/aromatic N) is 2. The zero-order valence-corrected chi connectivity index (χ0v) is 29.2. The minimum absolute atomic E-state index is 0.208. The molecular weight excluding hydrogens is 616 g/mol. The first-order valence-electron chi connectivity index (χ1n) is 19.4. The van der Waals surface area contributed by atoms with Crippen LogP contribution in [0.3, 0.4) is 0 Å². The Morgan fingerprint density at radius 3 is 2.06 bits per heavy atom. The standard InChI is InChI=1S/C46H42FN2O/c1-27(2)36-14-11-15-37(28(3)4)44(36)49-40-17-9-8-16-39(40)48(7)46(49)43-30(6)24-29(5)42-38-23-20-34(26-41(38)50-45(42)43)33-13-10-12-32(25-33)31-18-21-35(47)22-19-31/h8-28H,1-7H3/q+1/i5D3,27D,28D. The number of benzene rings is 6. The topological polar surface area (TPSA) is 21.9 Å². The quantitative estimate of drug-likeness (QED) is 0.162. The Morgan fingerprint density at radius 1 is 0.720 bits per heavy atom. The summed E-state index contributed by atoms with van der Waals surface area (Å²) in [7, 11) is 1.99. The van der Waals surface area contributed by atoms with E-state index in [1.807, 2.05) is 121 Å². The number of aromatic nitrogens is 2. The van der Waals surface area contributed by atoms with Crippen LogP contribution in [0.25, 0.3) is 72.3 Å². The van der Waals surface area contributed by atoms with Gasteiger partial charge in [-0.1, -0.05) is 100 Å². The number of fused-ring (bicyclic) bond motifs is 4. The van der Waals surface area contributed by atoms with Crippen LogP contribution in [0.4, 0.5) is 4.39 Å². The van der Waals surface area contributed by atoms with Gasteiger partial charge in [0.05, 0.1) is 7.05 Å². The van der Waals surface area contributed by atoms with Crippen molar-refractivity contribution in [3.8, 4) is 39.3 Å². The number of rotatable bonds is 6. The van der Waals surface area contributed by atoms with E-state index in [0.717, 1.165) is 67.1 Å². The number of halogens is 1. The molecule has 0 saturated heterocycles. The minimum atomic E-state index is -2.43. The Balaban J connectivity index is 1.46. The van der Waals surface area contributed by atoms with Crippen molar-refractivity contribution in [2.45, 2.75) is 53.3 Å². The Labute approximate surface area is 300 Å². The minimum Gasteiger partial charge on any atom is -0.455 e. The lowest BCUT2D eigenvalue weighted by atomic mass is 9.92. The number of imidazole rings is 1. The van der Waals surface area contributed by atoms with E-state index in [4.69, 9.17) is 8.53 Å². The molecule has 0 aliphatic rings. The second-order valence-electron chi connectivity index (χ2n) is 13.6. The molecule has 50 heavy (non-hydrogen) atoms. The number of furan rings is 1. The monoisotopic (exact) mass is 662 g/mol. The third kappa shape index (κ3) is 5.05. The maximum absolute atomic E-state index is 13.7.